The minimum Gasteiger partial charge on any atom is -0.489 e. The molecular weight excluding hydrogens is 647 g/mol. The Morgan fingerprint density at radius 3 is 1.29 bits per heavy atom. The molecule has 0 bridgehead atoms. The molecule has 2 aliphatic carbocycles. The van der Waals surface area contributed by atoms with E-state index in [2.05, 4.69) is 104 Å². The second kappa shape index (κ2) is 16.0. The van der Waals surface area contributed by atoms with Crippen molar-refractivity contribution in [2.75, 3.05) is 26.4 Å². The third kappa shape index (κ3) is 6.94. The second-order valence-electron chi connectivity index (χ2n) is 15.5. The Bertz CT molecular complexity index is 1790. The van der Waals surface area contributed by atoms with Crippen molar-refractivity contribution in [3.05, 3.63) is 89.0 Å². The molecule has 7 heteroatoms. The quantitative estimate of drug-likeness (QED) is 0.0922. The van der Waals surface area contributed by atoms with Crippen molar-refractivity contribution >= 4 is 12.6 Å². The zero-order valence-corrected chi connectivity index (χ0v) is 32.4. The van der Waals surface area contributed by atoms with Crippen molar-refractivity contribution in [3.8, 4) is 45.3 Å². The van der Waals surface area contributed by atoms with Crippen LogP contribution in [-0.4, -0.2) is 43.6 Å². The van der Waals surface area contributed by atoms with Crippen LogP contribution in [0, 0.1) is 23.7 Å². The maximum atomic E-state index is 10.5. The van der Waals surface area contributed by atoms with Gasteiger partial charge in [0.05, 0.1) is 31.8 Å². The summed E-state index contributed by atoms with van der Waals surface area (Å²) in [5.41, 5.74) is 8.22. The van der Waals surface area contributed by atoms with Crippen molar-refractivity contribution < 1.29 is 29.0 Å². The van der Waals surface area contributed by atoms with E-state index in [0.29, 0.717) is 55.6 Å². The molecule has 6 nitrogen and oxygen atoms in total. The Morgan fingerprint density at radius 2 is 0.865 bits per heavy atom. The summed E-state index contributed by atoms with van der Waals surface area (Å²) >= 11 is 0. The van der Waals surface area contributed by atoms with Crippen LogP contribution in [0.5, 0.6) is 23.0 Å². The van der Waals surface area contributed by atoms with Gasteiger partial charge in [-0.25, -0.2) is 0 Å². The predicted molar refractivity (Wildman–Crippen MR) is 212 cm³/mol. The number of ether oxygens (including phenoxy) is 4. The van der Waals surface area contributed by atoms with Crippen LogP contribution in [-0.2, 0) is 5.41 Å². The summed E-state index contributed by atoms with van der Waals surface area (Å²) in [6.45, 7) is 19.9. The first-order chi connectivity index (χ1) is 25.1. The standard InChI is InChI=1S/C45H57BO6/c1-9-28(5)24-49-41-20-35-36-21-42(50-25-29(6)10-2)44(52-27-31(8)12-4)23-40(36)45(39(35)22-43(41)51-26-30(7)11-3)37-16-14-13-15-33(37)34-18-17-32(46(47)48)19-38(34)45/h13-23,28-31,47-48H,9-12,24-27H2,1-8H3. The topological polar surface area (TPSA) is 77.4 Å². The van der Waals surface area contributed by atoms with Crippen molar-refractivity contribution in [2.24, 2.45) is 23.7 Å². The summed E-state index contributed by atoms with van der Waals surface area (Å²) in [6, 6.07) is 23.1. The molecule has 0 aliphatic heterocycles. The SMILES string of the molecule is CCC(C)COc1cc2c(cc1OCC(C)CC)C1(c3ccccc3-c3ccc(B(O)O)cc31)c1cc(OCC(C)CC)c(OCC(C)CC)cc1-2. The maximum absolute atomic E-state index is 10.5. The monoisotopic (exact) mass is 704 g/mol. The number of hydrogen-bond acceptors (Lipinski definition) is 6. The van der Waals surface area contributed by atoms with Gasteiger partial charge in [0.25, 0.3) is 0 Å². The number of rotatable bonds is 17. The summed E-state index contributed by atoms with van der Waals surface area (Å²) in [7, 11) is -1.61. The minimum absolute atomic E-state index is 0.374. The molecule has 4 aromatic rings. The van der Waals surface area contributed by atoms with Crippen LogP contribution in [0.4, 0.5) is 0 Å². The van der Waals surface area contributed by atoms with Gasteiger partial charge in [-0.1, -0.05) is 124 Å². The summed E-state index contributed by atoms with van der Waals surface area (Å²) in [6.07, 6.45) is 4.05. The smallest absolute Gasteiger partial charge is 0.488 e. The molecule has 0 amide bonds. The van der Waals surface area contributed by atoms with Gasteiger partial charge in [0.2, 0.25) is 0 Å². The van der Waals surface area contributed by atoms with Crippen molar-refractivity contribution in [1.29, 1.82) is 0 Å². The van der Waals surface area contributed by atoms with E-state index in [1.807, 2.05) is 18.2 Å². The fraction of sp³-hybridized carbons (Fsp3) is 0.467. The van der Waals surface area contributed by atoms with Crippen molar-refractivity contribution in [3.63, 3.8) is 0 Å². The first-order valence-electron chi connectivity index (χ1n) is 19.6. The first kappa shape index (κ1) is 37.8. The predicted octanol–water partition coefficient (Wildman–Crippen LogP) is 9.41. The summed E-state index contributed by atoms with van der Waals surface area (Å²) in [4.78, 5) is 0. The molecule has 4 aromatic carbocycles. The van der Waals surface area contributed by atoms with Gasteiger partial charge in [0.15, 0.2) is 23.0 Å². The van der Waals surface area contributed by atoms with Gasteiger partial charge >= 0.3 is 7.12 Å². The van der Waals surface area contributed by atoms with Crippen LogP contribution >= 0.6 is 0 Å². The lowest BCUT2D eigenvalue weighted by atomic mass is 9.68. The largest absolute Gasteiger partial charge is 0.489 e. The number of benzene rings is 4. The molecule has 2 aliphatic rings. The Morgan fingerprint density at radius 1 is 0.481 bits per heavy atom. The summed E-state index contributed by atoms with van der Waals surface area (Å²) in [5.74, 6) is 4.43. The van der Waals surface area contributed by atoms with E-state index in [-0.39, 0.29) is 0 Å². The first-order valence-corrected chi connectivity index (χ1v) is 19.6. The van der Waals surface area contributed by atoms with Gasteiger partial charge in [-0.15, -0.1) is 0 Å². The Labute approximate surface area is 311 Å². The van der Waals surface area contributed by atoms with Crippen LogP contribution in [0.15, 0.2) is 66.7 Å². The van der Waals surface area contributed by atoms with E-state index >= 15 is 0 Å². The average Bonchev–Trinajstić information content (AvgIpc) is 3.61. The van der Waals surface area contributed by atoms with Crippen LogP contribution in [0.2, 0.25) is 0 Å². The third-order valence-corrected chi connectivity index (χ3v) is 11.5. The van der Waals surface area contributed by atoms with Gasteiger partial charge in [-0.05, 0) is 97.9 Å². The fourth-order valence-electron chi connectivity index (χ4n) is 7.22. The van der Waals surface area contributed by atoms with Crippen molar-refractivity contribution in [2.45, 2.75) is 86.5 Å². The Balaban J connectivity index is 1.67. The highest BCUT2D eigenvalue weighted by atomic mass is 16.5. The van der Waals surface area contributed by atoms with Crippen molar-refractivity contribution in [1.82, 2.24) is 0 Å². The molecule has 2 N–H and O–H groups in total. The zero-order chi connectivity index (χ0) is 37.2. The van der Waals surface area contributed by atoms with E-state index in [9.17, 15) is 10.0 Å². The highest BCUT2D eigenvalue weighted by Crippen LogP contribution is 2.65. The molecule has 6 rings (SSSR count). The lowest BCUT2D eigenvalue weighted by molar-refractivity contribution is 0.217. The number of hydrogen-bond donors (Lipinski definition) is 2. The van der Waals surface area contributed by atoms with E-state index in [1.54, 1.807) is 0 Å². The highest BCUT2D eigenvalue weighted by molar-refractivity contribution is 6.58. The van der Waals surface area contributed by atoms with Crippen LogP contribution < -0.4 is 24.4 Å². The molecule has 0 fully saturated rings. The summed E-state index contributed by atoms with van der Waals surface area (Å²) in [5, 5.41) is 21.0. The maximum Gasteiger partial charge on any atom is 0.488 e. The molecule has 0 saturated carbocycles. The lowest BCUT2D eigenvalue weighted by Crippen LogP contribution is -2.33. The molecule has 4 atom stereocenters. The minimum atomic E-state index is -1.61. The molecule has 52 heavy (non-hydrogen) atoms. The van der Waals surface area contributed by atoms with E-state index in [1.165, 1.54) is 0 Å². The Hall–Kier alpha value is -3.94. The van der Waals surface area contributed by atoms with E-state index in [4.69, 9.17) is 18.9 Å². The summed E-state index contributed by atoms with van der Waals surface area (Å²) < 4.78 is 26.6. The molecule has 1 spiro atoms. The van der Waals surface area contributed by atoms with Gasteiger partial charge < -0.3 is 29.0 Å². The van der Waals surface area contributed by atoms with Gasteiger partial charge in [0, 0.05) is 0 Å². The van der Waals surface area contributed by atoms with E-state index in [0.717, 1.165) is 93.2 Å². The Kier molecular flexibility index (Phi) is 11.6. The zero-order valence-electron chi connectivity index (χ0n) is 32.4. The average molecular weight is 705 g/mol. The molecule has 276 valence electrons. The second-order valence-corrected chi connectivity index (χ2v) is 15.5. The van der Waals surface area contributed by atoms with Crippen LogP contribution in [0.1, 0.15) is 103 Å². The van der Waals surface area contributed by atoms with E-state index < -0.39 is 12.5 Å². The van der Waals surface area contributed by atoms with Crippen LogP contribution in [0.25, 0.3) is 22.3 Å². The molecule has 0 aromatic heterocycles. The molecule has 0 radical (unpaired) electrons. The van der Waals surface area contributed by atoms with Gasteiger partial charge in [-0.2, -0.15) is 0 Å². The molecule has 0 heterocycles. The molecule has 0 saturated heterocycles. The fourth-order valence-corrected chi connectivity index (χ4v) is 7.22. The molecular formula is C45H57BO6. The third-order valence-electron chi connectivity index (χ3n) is 11.5. The normalized spacial score (nSPS) is 17.4. The highest BCUT2D eigenvalue weighted by Gasteiger charge is 2.53. The lowest BCUT2D eigenvalue weighted by Gasteiger charge is -2.32. The molecule has 4 unspecified atom stereocenters. The number of fused-ring (bicyclic) bond motifs is 10. The van der Waals surface area contributed by atoms with Crippen LogP contribution in [0.3, 0.4) is 0 Å². The van der Waals surface area contributed by atoms with Gasteiger partial charge in [-0.3, -0.25) is 0 Å². The van der Waals surface area contributed by atoms with Gasteiger partial charge in [0.1, 0.15) is 0 Å².